The normalized spacial score (nSPS) is 12.8. The third-order valence-electron chi connectivity index (χ3n) is 2.36. The molecule has 0 atom stereocenters. The van der Waals surface area contributed by atoms with E-state index in [1.54, 1.807) is 0 Å². The molecule has 102 valence electrons. The summed E-state index contributed by atoms with van der Waals surface area (Å²) in [6, 6.07) is 3.34. The fraction of sp³-hybridized carbons (Fsp3) is 0.400. The summed E-state index contributed by atoms with van der Waals surface area (Å²) in [4.78, 5) is 0. The van der Waals surface area contributed by atoms with E-state index in [0.29, 0.717) is 0 Å². The molecule has 0 saturated heterocycles. The molecule has 0 spiro atoms. The summed E-state index contributed by atoms with van der Waals surface area (Å²) >= 11 is 0. The molecule has 0 saturated carbocycles. The van der Waals surface area contributed by atoms with Crippen LogP contribution >= 0.6 is 0 Å². The lowest BCUT2D eigenvalue weighted by Crippen LogP contribution is -2.29. The van der Waals surface area contributed by atoms with Crippen molar-refractivity contribution in [3.63, 3.8) is 0 Å². The van der Waals surface area contributed by atoms with Crippen molar-refractivity contribution < 1.29 is 21.6 Å². The van der Waals surface area contributed by atoms with Crippen LogP contribution in [0.15, 0.2) is 18.2 Å². The predicted octanol–water partition coefficient (Wildman–Crippen LogP) is 2.23. The average molecular weight is 282 g/mol. The van der Waals surface area contributed by atoms with Crippen LogP contribution in [0.4, 0.5) is 18.9 Å². The predicted molar refractivity (Wildman–Crippen MR) is 62.4 cm³/mol. The third-order valence-corrected chi connectivity index (χ3v) is 3.80. The number of hydrogen-bond donors (Lipinski definition) is 1. The van der Waals surface area contributed by atoms with Crippen LogP contribution in [0.25, 0.3) is 0 Å². The fourth-order valence-electron chi connectivity index (χ4n) is 1.28. The summed E-state index contributed by atoms with van der Waals surface area (Å²) in [7, 11) is -1.25. The number of nitrogens with zero attached hydrogens (tertiary/aromatic N) is 1. The van der Waals surface area contributed by atoms with E-state index >= 15 is 0 Å². The molecular formula is C10H13F3N2O2S. The van der Waals surface area contributed by atoms with Gasteiger partial charge in [0.05, 0.1) is 11.3 Å². The van der Waals surface area contributed by atoms with Gasteiger partial charge in [-0.3, -0.25) is 4.72 Å². The van der Waals surface area contributed by atoms with Crippen LogP contribution in [-0.2, 0) is 16.4 Å². The van der Waals surface area contributed by atoms with Gasteiger partial charge in [-0.2, -0.15) is 25.9 Å². The Hall–Kier alpha value is -1.28. The van der Waals surface area contributed by atoms with Crippen molar-refractivity contribution >= 4 is 15.9 Å². The molecule has 0 aliphatic carbocycles. The Kier molecular flexibility index (Phi) is 3.92. The molecule has 18 heavy (non-hydrogen) atoms. The minimum atomic E-state index is -4.51. The summed E-state index contributed by atoms with van der Waals surface area (Å²) in [5.74, 6) is 0. The number of halogens is 3. The van der Waals surface area contributed by atoms with Gasteiger partial charge in [0.1, 0.15) is 0 Å². The maximum absolute atomic E-state index is 12.6. The highest BCUT2D eigenvalue weighted by molar-refractivity contribution is 7.90. The molecule has 1 rings (SSSR count). The number of nitrogens with one attached hydrogen (secondary N) is 1. The summed E-state index contributed by atoms with van der Waals surface area (Å²) < 4.78 is 64.0. The SMILES string of the molecule is Cc1c(NS(=O)(=O)N(C)C)cccc1C(F)(F)F. The Morgan fingerprint density at radius 1 is 1.22 bits per heavy atom. The van der Waals surface area contributed by atoms with Crippen molar-refractivity contribution in [3.8, 4) is 0 Å². The molecule has 0 aliphatic rings. The Balaban J connectivity index is 3.22. The van der Waals surface area contributed by atoms with Crippen molar-refractivity contribution in [2.75, 3.05) is 18.8 Å². The molecule has 0 unspecified atom stereocenters. The van der Waals surface area contributed by atoms with Gasteiger partial charge < -0.3 is 0 Å². The standard InChI is InChI=1S/C10H13F3N2O2S/c1-7-8(10(11,12)13)5-4-6-9(7)14-18(16,17)15(2)3/h4-6,14H,1-3H3. The largest absolute Gasteiger partial charge is 0.416 e. The van der Waals surface area contributed by atoms with Crippen molar-refractivity contribution in [2.45, 2.75) is 13.1 Å². The van der Waals surface area contributed by atoms with Crippen LogP contribution in [0.3, 0.4) is 0 Å². The zero-order valence-corrected chi connectivity index (χ0v) is 10.9. The minimum Gasteiger partial charge on any atom is -0.271 e. The highest BCUT2D eigenvalue weighted by Crippen LogP contribution is 2.34. The number of benzene rings is 1. The molecule has 4 nitrogen and oxygen atoms in total. The summed E-state index contributed by atoms with van der Waals surface area (Å²) in [6.07, 6.45) is -4.51. The van der Waals surface area contributed by atoms with Gasteiger partial charge in [0.2, 0.25) is 0 Å². The third kappa shape index (κ3) is 3.14. The van der Waals surface area contributed by atoms with Gasteiger partial charge in [0.15, 0.2) is 0 Å². The van der Waals surface area contributed by atoms with Gasteiger partial charge in [-0.05, 0) is 24.6 Å². The monoisotopic (exact) mass is 282 g/mol. The molecule has 0 aromatic heterocycles. The molecule has 0 amide bonds. The van der Waals surface area contributed by atoms with Gasteiger partial charge in [-0.15, -0.1) is 0 Å². The zero-order chi connectivity index (χ0) is 14.1. The second-order valence-electron chi connectivity index (χ2n) is 3.87. The molecule has 8 heteroatoms. The lowest BCUT2D eigenvalue weighted by Gasteiger charge is -2.17. The lowest BCUT2D eigenvalue weighted by atomic mass is 10.1. The van der Waals surface area contributed by atoms with Crippen molar-refractivity contribution in [1.29, 1.82) is 0 Å². The van der Waals surface area contributed by atoms with E-state index in [2.05, 4.69) is 4.72 Å². The number of hydrogen-bond acceptors (Lipinski definition) is 2. The molecule has 0 bridgehead atoms. The first-order chi connectivity index (χ1) is 8.05. The number of alkyl halides is 3. The molecule has 0 heterocycles. The van der Waals surface area contributed by atoms with Crippen LogP contribution in [-0.4, -0.2) is 26.8 Å². The number of anilines is 1. The summed E-state index contributed by atoms with van der Waals surface area (Å²) in [6.45, 7) is 1.22. The van der Waals surface area contributed by atoms with E-state index in [1.165, 1.54) is 27.1 Å². The molecular weight excluding hydrogens is 269 g/mol. The van der Waals surface area contributed by atoms with E-state index in [-0.39, 0.29) is 11.3 Å². The van der Waals surface area contributed by atoms with E-state index in [4.69, 9.17) is 0 Å². The molecule has 1 aromatic rings. The Morgan fingerprint density at radius 3 is 2.22 bits per heavy atom. The van der Waals surface area contributed by atoms with Gasteiger partial charge in [-0.25, -0.2) is 0 Å². The van der Waals surface area contributed by atoms with Crippen LogP contribution in [0, 0.1) is 6.92 Å². The van der Waals surface area contributed by atoms with E-state index in [9.17, 15) is 21.6 Å². The van der Waals surface area contributed by atoms with Gasteiger partial charge in [-0.1, -0.05) is 6.07 Å². The second-order valence-corrected chi connectivity index (χ2v) is 5.75. The Bertz CT molecular complexity index is 539. The molecule has 1 aromatic carbocycles. The number of rotatable bonds is 3. The quantitative estimate of drug-likeness (QED) is 0.924. The molecule has 0 radical (unpaired) electrons. The van der Waals surface area contributed by atoms with Gasteiger partial charge in [0, 0.05) is 14.1 Å². The molecule has 0 fully saturated rings. The fourth-order valence-corrected chi connectivity index (χ4v) is 1.97. The van der Waals surface area contributed by atoms with E-state index < -0.39 is 21.9 Å². The zero-order valence-electron chi connectivity index (χ0n) is 10.0. The molecule has 1 N–H and O–H groups in total. The second kappa shape index (κ2) is 4.77. The van der Waals surface area contributed by atoms with Crippen molar-refractivity contribution in [2.24, 2.45) is 0 Å². The lowest BCUT2D eigenvalue weighted by molar-refractivity contribution is -0.138. The minimum absolute atomic E-state index is 0.0847. The highest BCUT2D eigenvalue weighted by atomic mass is 32.2. The highest BCUT2D eigenvalue weighted by Gasteiger charge is 2.33. The van der Waals surface area contributed by atoms with Gasteiger partial charge in [0.25, 0.3) is 0 Å². The maximum Gasteiger partial charge on any atom is 0.416 e. The first-order valence-electron chi connectivity index (χ1n) is 4.93. The van der Waals surface area contributed by atoms with Crippen molar-refractivity contribution in [1.82, 2.24) is 4.31 Å². The van der Waals surface area contributed by atoms with Crippen molar-refractivity contribution in [3.05, 3.63) is 29.3 Å². The van der Waals surface area contributed by atoms with Gasteiger partial charge >= 0.3 is 16.4 Å². The van der Waals surface area contributed by atoms with Crippen LogP contribution in [0.5, 0.6) is 0 Å². The van der Waals surface area contributed by atoms with Crippen LogP contribution in [0.1, 0.15) is 11.1 Å². The summed E-state index contributed by atoms with van der Waals surface area (Å²) in [5, 5.41) is 0. The Morgan fingerprint density at radius 2 is 1.78 bits per heavy atom. The van der Waals surface area contributed by atoms with Crippen LogP contribution in [0.2, 0.25) is 0 Å². The first-order valence-corrected chi connectivity index (χ1v) is 6.37. The maximum atomic E-state index is 12.6. The smallest absolute Gasteiger partial charge is 0.271 e. The topological polar surface area (TPSA) is 49.4 Å². The Labute approximate surface area is 104 Å². The summed E-state index contributed by atoms with van der Waals surface area (Å²) in [5.41, 5.74) is -1.10. The van der Waals surface area contributed by atoms with E-state index in [1.807, 2.05) is 0 Å². The molecule has 0 aliphatic heterocycles. The average Bonchev–Trinajstić information content (AvgIpc) is 2.18. The van der Waals surface area contributed by atoms with Crippen LogP contribution < -0.4 is 4.72 Å². The van der Waals surface area contributed by atoms with E-state index in [0.717, 1.165) is 16.4 Å². The first kappa shape index (κ1) is 14.8.